The minimum absolute atomic E-state index is 0.616. The molecule has 0 aliphatic heterocycles. The molecule has 0 amide bonds. The van der Waals surface area contributed by atoms with E-state index in [1.54, 1.807) is 0 Å². The number of hydrogen-bond donors (Lipinski definition) is 2. The van der Waals surface area contributed by atoms with E-state index in [0.29, 0.717) is 11.7 Å². The van der Waals surface area contributed by atoms with Crippen molar-refractivity contribution in [1.29, 1.82) is 0 Å². The molecule has 2 N–H and O–H groups in total. The lowest BCUT2D eigenvalue weighted by atomic mass is 10.1. The Morgan fingerprint density at radius 1 is 1.20 bits per heavy atom. The van der Waals surface area contributed by atoms with Gasteiger partial charge in [-0.05, 0) is 38.6 Å². The molecule has 2 rings (SSSR count). The summed E-state index contributed by atoms with van der Waals surface area (Å²) in [5.41, 5.74) is 5.47. The minimum atomic E-state index is 0.616. The second-order valence-corrected chi connectivity index (χ2v) is 5.37. The molecule has 1 aromatic carbocycles. The molecule has 0 spiro atoms. The molecule has 1 heterocycles. The van der Waals surface area contributed by atoms with Gasteiger partial charge in [-0.3, -0.25) is 4.68 Å². The van der Waals surface area contributed by atoms with Gasteiger partial charge in [-0.1, -0.05) is 29.8 Å². The molecule has 20 heavy (non-hydrogen) atoms. The Labute approximate surface area is 125 Å². The third-order valence-electron chi connectivity index (χ3n) is 3.32. The van der Waals surface area contributed by atoms with Crippen LogP contribution < -0.4 is 10.6 Å². The highest BCUT2D eigenvalue weighted by atomic mass is 32.1. The van der Waals surface area contributed by atoms with Crippen molar-refractivity contribution in [2.75, 3.05) is 5.32 Å². The smallest absolute Gasteiger partial charge is 0.171 e. The molecule has 0 bridgehead atoms. The maximum atomic E-state index is 5.33. The van der Waals surface area contributed by atoms with Crippen LogP contribution in [0.3, 0.4) is 0 Å². The molecule has 2 aromatic rings. The van der Waals surface area contributed by atoms with Crippen LogP contribution in [0.2, 0.25) is 0 Å². The largest absolute Gasteiger partial charge is 0.358 e. The van der Waals surface area contributed by atoms with E-state index in [9.17, 15) is 0 Å². The van der Waals surface area contributed by atoms with Crippen LogP contribution in [0.4, 0.5) is 5.69 Å². The second kappa shape index (κ2) is 6.05. The summed E-state index contributed by atoms with van der Waals surface area (Å²) in [5, 5.41) is 11.4. The summed E-state index contributed by atoms with van der Waals surface area (Å²) in [4.78, 5) is 0. The van der Waals surface area contributed by atoms with Gasteiger partial charge in [0.2, 0.25) is 0 Å². The Morgan fingerprint density at radius 2 is 1.85 bits per heavy atom. The fraction of sp³-hybridized carbons (Fsp3) is 0.333. The maximum absolute atomic E-state index is 5.33. The van der Waals surface area contributed by atoms with Gasteiger partial charge in [0.25, 0.3) is 0 Å². The van der Waals surface area contributed by atoms with Crippen LogP contribution in [-0.2, 0) is 13.6 Å². The van der Waals surface area contributed by atoms with Crippen LogP contribution in [0.15, 0.2) is 24.3 Å². The second-order valence-electron chi connectivity index (χ2n) is 4.96. The van der Waals surface area contributed by atoms with Gasteiger partial charge >= 0.3 is 0 Å². The van der Waals surface area contributed by atoms with E-state index in [0.717, 1.165) is 17.1 Å². The molecule has 0 saturated carbocycles. The van der Waals surface area contributed by atoms with Crippen molar-refractivity contribution < 1.29 is 0 Å². The van der Waals surface area contributed by atoms with Crippen molar-refractivity contribution in [2.45, 2.75) is 27.3 Å². The van der Waals surface area contributed by atoms with Crippen molar-refractivity contribution in [2.24, 2.45) is 7.05 Å². The first-order valence-corrected chi connectivity index (χ1v) is 6.99. The summed E-state index contributed by atoms with van der Waals surface area (Å²) in [6, 6.07) is 8.41. The van der Waals surface area contributed by atoms with Gasteiger partial charge in [0.15, 0.2) is 5.11 Å². The number of anilines is 1. The Kier molecular flexibility index (Phi) is 4.39. The standard InChI is InChI=1S/C15H20N4S/c1-10-5-7-13(8-6-10)9-16-15(20)17-14-11(2)18-19(4)12(14)3/h5-8H,9H2,1-4H3,(H2,16,17,20). The van der Waals surface area contributed by atoms with E-state index in [4.69, 9.17) is 12.2 Å². The molecule has 0 aliphatic carbocycles. The van der Waals surface area contributed by atoms with Crippen molar-refractivity contribution in [1.82, 2.24) is 15.1 Å². The van der Waals surface area contributed by atoms with E-state index >= 15 is 0 Å². The first-order valence-electron chi connectivity index (χ1n) is 6.58. The van der Waals surface area contributed by atoms with Crippen LogP contribution in [0.25, 0.3) is 0 Å². The van der Waals surface area contributed by atoms with E-state index in [-0.39, 0.29) is 0 Å². The predicted molar refractivity (Wildman–Crippen MR) is 86.9 cm³/mol. The lowest BCUT2D eigenvalue weighted by Crippen LogP contribution is -2.28. The highest BCUT2D eigenvalue weighted by Crippen LogP contribution is 2.18. The van der Waals surface area contributed by atoms with E-state index in [1.165, 1.54) is 11.1 Å². The average Bonchev–Trinajstić information content (AvgIpc) is 2.65. The molecular formula is C15H20N4S. The topological polar surface area (TPSA) is 41.9 Å². The molecule has 1 aromatic heterocycles. The molecule has 0 atom stereocenters. The lowest BCUT2D eigenvalue weighted by molar-refractivity contribution is 0.731. The van der Waals surface area contributed by atoms with E-state index in [1.807, 2.05) is 25.6 Å². The Bertz CT molecular complexity index is 614. The van der Waals surface area contributed by atoms with Crippen LogP contribution in [-0.4, -0.2) is 14.9 Å². The maximum Gasteiger partial charge on any atom is 0.171 e. The molecule has 5 heteroatoms. The SMILES string of the molecule is Cc1ccc(CNC(=S)Nc2c(C)nn(C)c2C)cc1. The van der Waals surface area contributed by atoms with Gasteiger partial charge in [-0.2, -0.15) is 5.10 Å². The quantitative estimate of drug-likeness (QED) is 0.852. The Morgan fingerprint density at radius 3 is 2.40 bits per heavy atom. The zero-order chi connectivity index (χ0) is 14.7. The number of rotatable bonds is 3. The van der Waals surface area contributed by atoms with E-state index in [2.05, 4.69) is 46.9 Å². The fourth-order valence-electron chi connectivity index (χ4n) is 2.00. The first kappa shape index (κ1) is 14.5. The van der Waals surface area contributed by atoms with Crippen molar-refractivity contribution >= 4 is 23.0 Å². The Hall–Kier alpha value is -1.88. The number of thiocarbonyl (C=S) groups is 1. The third kappa shape index (κ3) is 3.36. The van der Waals surface area contributed by atoms with Gasteiger partial charge in [-0.25, -0.2) is 0 Å². The number of nitrogens with zero attached hydrogens (tertiary/aromatic N) is 2. The van der Waals surface area contributed by atoms with Crippen LogP contribution >= 0.6 is 12.2 Å². The van der Waals surface area contributed by atoms with Crippen LogP contribution in [0.5, 0.6) is 0 Å². The summed E-state index contributed by atoms with van der Waals surface area (Å²) < 4.78 is 1.85. The predicted octanol–water partition coefficient (Wildman–Crippen LogP) is 2.83. The van der Waals surface area contributed by atoms with Gasteiger partial charge < -0.3 is 10.6 Å². The molecule has 4 nitrogen and oxygen atoms in total. The normalized spacial score (nSPS) is 10.4. The number of aryl methyl sites for hydroxylation is 3. The summed E-state index contributed by atoms with van der Waals surface area (Å²) in [6.07, 6.45) is 0. The first-order chi connectivity index (χ1) is 9.47. The van der Waals surface area contributed by atoms with Crippen molar-refractivity contribution in [3.8, 4) is 0 Å². The van der Waals surface area contributed by atoms with Crippen molar-refractivity contribution in [3.63, 3.8) is 0 Å². The van der Waals surface area contributed by atoms with Gasteiger partial charge in [0, 0.05) is 13.6 Å². The summed E-state index contributed by atoms with van der Waals surface area (Å²) in [6.45, 7) is 6.78. The highest BCUT2D eigenvalue weighted by molar-refractivity contribution is 7.80. The summed E-state index contributed by atoms with van der Waals surface area (Å²) >= 11 is 5.33. The number of benzene rings is 1. The molecule has 0 fully saturated rings. The molecule has 106 valence electrons. The Balaban J connectivity index is 1.94. The van der Waals surface area contributed by atoms with E-state index < -0.39 is 0 Å². The van der Waals surface area contributed by atoms with Gasteiger partial charge in [-0.15, -0.1) is 0 Å². The summed E-state index contributed by atoms with van der Waals surface area (Å²) in [5.74, 6) is 0. The average molecular weight is 288 g/mol. The summed E-state index contributed by atoms with van der Waals surface area (Å²) in [7, 11) is 1.93. The molecule has 0 saturated heterocycles. The van der Waals surface area contributed by atoms with Crippen molar-refractivity contribution in [3.05, 3.63) is 46.8 Å². The zero-order valence-corrected chi connectivity index (χ0v) is 13.1. The zero-order valence-electron chi connectivity index (χ0n) is 12.3. The van der Waals surface area contributed by atoms with Gasteiger partial charge in [0.1, 0.15) is 0 Å². The number of aromatic nitrogens is 2. The molecular weight excluding hydrogens is 268 g/mol. The molecule has 0 aliphatic rings. The monoisotopic (exact) mass is 288 g/mol. The number of hydrogen-bond acceptors (Lipinski definition) is 2. The van der Waals surface area contributed by atoms with Crippen LogP contribution in [0.1, 0.15) is 22.5 Å². The lowest BCUT2D eigenvalue weighted by Gasteiger charge is -2.11. The number of nitrogens with one attached hydrogen (secondary N) is 2. The minimum Gasteiger partial charge on any atom is -0.358 e. The third-order valence-corrected chi connectivity index (χ3v) is 3.57. The molecule has 0 radical (unpaired) electrons. The van der Waals surface area contributed by atoms with Gasteiger partial charge in [0.05, 0.1) is 17.1 Å². The highest BCUT2D eigenvalue weighted by Gasteiger charge is 2.10. The fourth-order valence-corrected chi connectivity index (χ4v) is 2.17. The molecule has 0 unspecified atom stereocenters. The van der Waals surface area contributed by atoms with Crippen LogP contribution in [0, 0.1) is 20.8 Å².